The molecule has 2 aromatic rings. The fourth-order valence-corrected chi connectivity index (χ4v) is 5.24. The maximum absolute atomic E-state index is 12.9. The second kappa shape index (κ2) is 8.23. The summed E-state index contributed by atoms with van der Waals surface area (Å²) in [5.74, 6) is -0.140. The van der Waals surface area contributed by atoms with Gasteiger partial charge in [0.25, 0.3) is 5.91 Å². The highest BCUT2D eigenvalue weighted by molar-refractivity contribution is 7.89. The number of amides is 1. The molecule has 0 saturated carbocycles. The van der Waals surface area contributed by atoms with Crippen molar-refractivity contribution in [1.82, 2.24) is 4.31 Å². The molecule has 1 aliphatic rings. The van der Waals surface area contributed by atoms with Crippen LogP contribution in [0, 0.1) is 0 Å². The molecule has 0 spiro atoms. The van der Waals surface area contributed by atoms with E-state index in [1.54, 1.807) is 33.5 Å². The van der Waals surface area contributed by atoms with Crippen LogP contribution < -0.4 is 4.90 Å². The predicted molar refractivity (Wildman–Crippen MR) is 107 cm³/mol. The van der Waals surface area contributed by atoms with Crippen LogP contribution >= 0.6 is 0 Å². The SMILES string of the molecule is CCN(C(=O)c1ccc(S(=O)(=O)N2CCCCC2C)cc1)c1ccccc1. The van der Waals surface area contributed by atoms with Crippen LogP contribution in [-0.2, 0) is 10.0 Å². The molecule has 1 fully saturated rings. The first-order chi connectivity index (χ1) is 12.9. The number of anilines is 1. The first-order valence-electron chi connectivity index (χ1n) is 9.44. The third-order valence-corrected chi connectivity index (χ3v) is 7.11. The average Bonchev–Trinajstić information content (AvgIpc) is 2.69. The molecule has 0 bridgehead atoms. The van der Waals surface area contributed by atoms with Gasteiger partial charge in [0.05, 0.1) is 4.90 Å². The lowest BCUT2D eigenvalue weighted by atomic mass is 10.1. The Morgan fingerprint density at radius 3 is 2.33 bits per heavy atom. The van der Waals surface area contributed by atoms with E-state index >= 15 is 0 Å². The van der Waals surface area contributed by atoms with Crippen molar-refractivity contribution in [1.29, 1.82) is 0 Å². The van der Waals surface area contributed by atoms with E-state index in [0.29, 0.717) is 18.7 Å². The second-order valence-corrected chi connectivity index (χ2v) is 8.76. The van der Waals surface area contributed by atoms with Gasteiger partial charge in [-0.25, -0.2) is 8.42 Å². The molecule has 1 heterocycles. The van der Waals surface area contributed by atoms with E-state index in [0.717, 1.165) is 24.9 Å². The van der Waals surface area contributed by atoms with E-state index in [9.17, 15) is 13.2 Å². The van der Waals surface area contributed by atoms with Crippen LogP contribution in [0.1, 0.15) is 43.5 Å². The van der Waals surface area contributed by atoms with Crippen LogP contribution in [0.25, 0.3) is 0 Å². The third-order valence-electron chi connectivity index (χ3n) is 5.08. The van der Waals surface area contributed by atoms with Crippen molar-refractivity contribution >= 4 is 21.6 Å². The number of nitrogens with zero attached hydrogens (tertiary/aromatic N) is 2. The largest absolute Gasteiger partial charge is 0.309 e. The van der Waals surface area contributed by atoms with Crippen molar-refractivity contribution in [2.45, 2.75) is 44.0 Å². The van der Waals surface area contributed by atoms with Crippen LogP contribution in [0.2, 0.25) is 0 Å². The fraction of sp³-hybridized carbons (Fsp3) is 0.381. The molecule has 0 radical (unpaired) electrons. The van der Waals surface area contributed by atoms with Gasteiger partial charge in [0, 0.05) is 30.4 Å². The molecule has 144 valence electrons. The maximum atomic E-state index is 12.9. The summed E-state index contributed by atoms with van der Waals surface area (Å²) in [4.78, 5) is 14.8. The molecule has 1 aliphatic heterocycles. The average molecular weight is 387 g/mol. The van der Waals surface area contributed by atoms with E-state index in [1.807, 2.05) is 44.2 Å². The highest BCUT2D eigenvalue weighted by Gasteiger charge is 2.31. The summed E-state index contributed by atoms with van der Waals surface area (Å²) < 4.78 is 27.4. The van der Waals surface area contributed by atoms with Crippen molar-refractivity contribution in [2.75, 3.05) is 18.0 Å². The summed E-state index contributed by atoms with van der Waals surface area (Å²) in [6.07, 6.45) is 2.84. The lowest BCUT2D eigenvalue weighted by molar-refractivity contribution is 0.0988. The summed E-state index contributed by atoms with van der Waals surface area (Å²) in [7, 11) is -3.52. The molecule has 5 nitrogen and oxygen atoms in total. The van der Waals surface area contributed by atoms with Gasteiger partial charge in [-0.05, 0) is 63.1 Å². The lowest BCUT2D eigenvalue weighted by Crippen LogP contribution is -2.41. The quantitative estimate of drug-likeness (QED) is 0.783. The molecular weight excluding hydrogens is 360 g/mol. The van der Waals surface area contributed by atoms with E-state index in [-0.39, 0.29) is 16.8 Å². The van der Waals surface area contributed by atoms with Crippen molar-refractivity contribution in [2.24, 2.45) is 0 Å². The molecule has 0 aliphatic carbocycles. The Kier molecular flexibility index (Phi) is 5.97. The zero-order valence-corrected chi connectivity index (χ0v) is 16.7. The van der Waals surface area contributed by atoms with E-state index in [1.165, 1.54) is 0 Å². The monoisotopic (exact) mass is 386 g/mol. The summed E-state index contributed by atoms with van der Waals surface area (Å²) in [5, 5.41) is 0. The molecule has 1 unspecified atom stereocenters. The van der Waals surface area contributed by atoms with Crippen molar-refractivity contribution in [3.8, 4) is 0 Å². The van der Waals surface area contributed by atoms with Gasteiger partial charge in [0.1, 0.15) is 0 Å². The zero-order chi connectivity index (χ0) is 19.4. The number of hydrogen-bond donors (Lipinski definition) is 0. The van der Waals surface area contributed by atoms with E-state index in [2.05, 4.69) is 0 Å². The van der Waals surface area contributed by atoms with Gasteiger partial charge in [-0.15, -0.1) is 0 Å². The molecule has 3 rings (SSSR count). The molecule has 1 saturated heterocycles. The summed E-state index contributed by atoms with van der Waals surface area (Å²) in [6, 6.07) is 15.8. The number of carbonyl (C=O) groups is 1. The molecule has 0 aromatic heterocycles. The minimum atomic E-state index is -3.52. The fourth-order valence-electron chi connectivity index (χ4n) is 3.54. The van der Waals surface area contributed by atoms with E-state index < -0.39 is 10.0 Å². The Morgan fingerprint density at radius 1 is 1.07 bits per heavy atom. The Labute approximate surface area is 161 Å². The number of piperidine rings is 1. The van der Waals surface area contributed by atoms with Crippen LogP contribution in [0.5, 0.6) is 0 Å². The number of rotatable bonds is 5. The number of para-hydroxylation sites is 1. The predicted octanol–water partition coefficient (Wildman–Crippen LogP) is 3.92. The Balaban J connectivity index is 1.83. The van der Waals surface area contributed by atoms with Gasteiger partial charge in [-0.1, -0.05) is 24.6 Å². The minimum Gasteiger partial charge on any atom is -0.309 e. The molecule has 1 amide bonds. The number of sulfonamides is 1. The van der Waals surface area contributed by atoms with Crippen LogP contribution in [0.3, 0.4) is 0 Å². The Bertz CT molecular complexity index is 879. The van der Waals surface area contributed by atoms with Gasteiger partial charge in [0.15, 0.2) is 0 Å². The Hall–Kier alpha value is -2.18. The molecule has 2 aromatic carbocycles. The van der Waals surface area contributed by atoms with Gasteiger partial charge in [-0.3, -0.25) is 4.79 Å². The standard InChI is InChI=1S/C21H26N2O3S/c1-3-22(19-10-5-4-6-11-19)21(24)18-12-14-20(15-13-18)27(25,26)23-16-8-7-9-17(23)2/h4-6,10-15,17H,3,7-9,16H2,1-2H3. The molecular formula is C21H26N2O3S. The van der Waals surface area contributed by atoms with E-state index in [4.69, 9.17) is 0 Å². The van der Waals surface area contributed by atoms with Gasteiger partial charge in [-0.2, -0.15) is 4.31 Å². The highest BCUT2D eigenvalue weighted by Crippen LogP contribution is 2.25. The zero-order valence-electron chi connectivity index (χ0n) is 15.8. The second-order valence-electron chi connectivity index (χ2n) is 6.87. The van der Waals surface area contributed by atoms with Crippen LogP contribution in [-0.4, -0.2) is 37.8 Å². The number of hydrogen-bond acceptors (Lipinski definition) is 3. The van der Waals surface area contributed by atoms with Crippen LogP contribution in [0.15, 0.2) is 59.5 Å². The number of carbonyl (C=O) groups excluding carboxylic acids is 1. The van der Waals surface area contributed by atoms with Gasteiger partial charge < -0.3 is 4.90 Å². The first kappa shape index (κ1) is 19.6. The third kappa shape index (κ3) is 4.06. The molecule has 6 heteroatoms. The highest BCUT2D eigenvalue weighted by atomic mass is 32.2. The molecule has 27 heavy (non-hydrogen) atoms. The first-order valence-corrected chi connectivity index (χ1v) is 10.9. The molecule has 1 atom stereocenters. The summed E-state index contributed by atoms with van der Waals surface area (Å²) in [5.41, 5.74) is 1.30. The summed E-state index contributed by atoms with van der Waals surface area (Å²) in [6.45, 7) is 4.96. The minimum absolute atomic E-state index is 0.0127. The lowest BCUT2D eigenvalue weighted by Gasteiger charge is -2.32. The normalized spacial score (nSPS) is 18.2. The molecule has 0 N–H and O–H groups in total. The maximum Gasteiger partial charge on any atom is 0.258 e. The topological polar surface area (TPSA) is 57.7 Å². The van der Waals surface area contributed by atoms with Gasteiger partial charge in [0.2, 0.25) is 10.0 Å². The van der Waals surface area contributed by atoms with Crippen molar-refractivity contribution in [3.05, 3.63) is 60.2 Å². The van der Waals surface area contributed by atoms with Crippen molar-refractivity contribution in [3.63, 3.8) is 0 Å². The smallest absolute Gasteiger partial charge is 0.258 e. The Morgan fingerprint density at radius 2 is 1.74 bits per heavy atom. The summed E-state index contributed by atoms with van der Waals surface area (Å²) >= 11 is 0. The van der Waals surface area contributed by atoms with Crippen molar-refractivity contribution < 1.29 is 13.2 Å². The van der Waals surface area contributed by atoms with Crippen LogP contribution in [0.4, 0.5) is 5.69 Å². The van der Waals surface area contributed by atoms with Gasteiger partial charge >= 0.3 is 0 Å². The number of benzene rings is 2.